The van der Waals surface area contributed by atoms with Crippen molar-refractivity contribution in [3.8, 4) is 5.69 Å². The van der Waals surface area contributed by atoms with E-state index >= 15 is 0 Å². The first kappa shape index (κ1) is 18.6. The second kappa shape index (κ2) is 7.35. The Bertz CT molecular complexity index is 1270. The van der Waals surface area contributed by atoms with Gasteiger partial charge in [0.2, 0.25) is 0 Å². The summed E-state index contributed by atoms with van der Waals surface area (Å²) < 4.78 is 4.75. The summed E-state index contributed by atoms with van der Waals surface area (Å²) in [6.07, 6.45) is 1.73. The van der Waals surface area contributed by atoms with E-state index in [1.54, 1.807) is 19.2 Å². The van der Waals surface area contributed by atoms with E-state index < -0.39 is 0 Å². The Morgan fingerprint density at radius 2 is 1.75 bits per heavy atom. The molecule has 6 heteroatoms. The van der Waals surface area contributed by atoms with Gasteiger partial charge in [-0.15, -0.1) is 0 Å². The Kier molecular flexibility index (Phi) is 4.89. The third-order valence-electron chi connectivity index (χ3n) is 4.78. The van der Waals surface area contributed by atoms with Crippen LogP contribution in [0.2, 0.25) is 0 Å². The van der Waals surface area contributed by atoms with Crippen LogP contribution in [0.4, 0.5) is 0 Å². The normalized spacial score (nSPS) is 11.6. The van der Waals surface area contributed by atoms with E-state index in [2.05, 4.69) is 81.4 Å². The number of aryl methyl sites for hydroxylation is 2. The number of rotatable bonds is 3. The Morgan fingerprint density at radius 3 is 2.50 bits per heavy atom. The number of aromatic nitrogens is 3. The summed E-state index contributed by atoms with van der Waals surface area (Å²) in [5, 5.41) is 5.02. The smallest absolute Gasteiger partial charge is 0.282 e. The molecule has 0 bridgehead atoms. The van der Waals surface area contributed by atoms with Crippen LogP contribution in [-0.2, 0) is 0 Å². The van der Waals surface area contributed by atoms with Crippen molar-refractivity contribution >= 4 is 39.7 Å². The van der Waals surface area contributed by atoms with E-state index in [-0.39, 0.29) is 5.56 Å². The zero-order valence-corrected chi connectivity index (χ0v) is 18.0. The van der Waals surface area contributed by atoms with Crippen molar-refractivity contribution in [1.82, 2.24) is 14.2 Å². The van der Waals surface area contributed by atoms with E-state index in [9.17, 15) is 4.79 Å². The highest BCUT2D eigenvalue weighted by Crippen LogP contribution is 2.20. The van der Waals surface area contributed by atoms with Crippen LogP contribution in [0.1, 0.15) is 22.8 Å². The highest BCUT2D eigenvalue weighted by atomic mass is 127. The third kappa shape index (κ3) is 3.28. The van der Waals surface area contributed by atoms with Crippen molar-refractivity contribution in [3.63, 3.8) is 0 Å². The molecule has 4 rings (SSSR count). The summed E-state index contributed by atoms with van der Waals surface area (Å²) in [5.41, 5.74) is 4.79. The zero-order chi connectivity index (χ0) is 19.8. The van der Waals surface area contributed by atoms with E-state index in [4.69, 9.17) is 0 Å². The molecule has 0 saturated carbocycles. The number of nitrogens with zero attached hydrogens (tertiary/aromatic N) is 4. The quantitative estimate of drug-likeness (QED) is 0.317. The van der Waals surface area contributed by atoms with Crippen LogP contribution in [0.5, 0.6) is 0 Å². The van der Waals surface area contributed by atoms with Gasteiger partial charge in [-0.05, 0) is 85.8 Å². The fourth-order valence-electron chi connectivity index (χ4n) is 3.40. The SMILES string of the molecule is Cc1cc(/C=N/n2c(C)nc3ccccc3c2=O)c(C)n1-c1ccc(I)cc1. The average Bonchev–Trinajstić information content (AvgIpc) is 2.96. The van der Waals surface area contributed by atoms with Crippen molar-refractivity contribution in [3.05, 3.63) is 91.3 Å². The van der Waals surface area contributed by atoms with Crippen molar-refractivity contribution in [2.45, 2.75) is 20.8 Å². The average molecular weight is 482 g/mol. The van der Waals surface area contributed by atoms with Gasteiger partial charge in [-0.25, -0.2) is 4.98 Å². The van der Waals surface area contributed by atoms with Crippen LogP contribution < -0.4 is 5.56 Å². The maximum atomic E-state index is 12.8. The van der Waals surface area contributed by atoms with Gasteiger partial charge in [-0.3, -0.25) is 4.79 Å². The summed E-state index contributed by atoms with van der Waals surface area (Å²) in [6, 6.07) is 17.8. The molecule has 2 aromatic heterocycles. The van der Waals surface area contributed by atoms with Gasteiger partial charge in [0.15, 0.2) is 0 Å². The Morgan fingerprint density at radius 1 is 1.04 bits per heavy atom. The molecule has 2 heterocycles. The van der Waals surface area contributed by atoms with Crippen molar-refractivity contribution in [2.24, 2.45) is 5.10 Å². The maximum Gasteiger partial charge on any atom is 0.282 e. The van der Waals surface area contributed by atoms with Gasteiger partial charge in [0, 0.05) is 26.2 Å². The summed E-state index contributed by atoms with van der Waals surface area (Å²) in [7, 11) is 0. The van der Waals surface area contributed by atoms with E-state index in [1.807, 2.05) is 18.2 Å². The van der Waals surface area contributed by atoms with Gasteiger partial charge >= 0.3 is 0 Å². The molecule has 0 aliphatic carbocycles. The molecular formula is C22H19IN4O. The minimum atomic E-state index is -0.161. The molecule has 0 N–H and O–H groups in total. The van der Waals surface area contributed by atoms with E-state index in [1.165, 1.54) is 8.25 Å². The second-order valence-corrected chi connectivity index (χ2v) is 7.92. The summed E-state index contributed by atoms with van der Waals surface area (Å²) in [5.74, 6) is 0.561. The molecule has 0 aliphatic heterocycles. The lowest BCUT2D eigenvalue weighted by Crippen LogP contribution is -2.20. The Balaban J connectivity index is 1.77. The lowest BCUT2D eigenvalue weighted by molar-refractivity contribution is 0.770. The van der Waals surface area contributed by atoms with E-state index in [0.717, 1.165) is 22.6 Å². The van der Waals surface area contributed by atoms with Crippen LogP contribution in [0.15, 0.2) is 64.5 Å². The van der Waals surface area contributed by atoms with E-state index in [0.29, 0.717) is 16.7 Å². The van der Waals surface area contributed by atoms with Crippen molar-refractivity contribution in [2.75, 3.05) is 0 Å². The fourth-order valence-corrected chi connectivity index (χ4v) is 3.76. The van der Waals surface area contributed by atoms with Crippen LogP contribution in [0.3, 0.4) is 0 Å². The molecule has 0 amide bonds. The van der Waals surface area contributed by atoms with Gasteiger partial charge in [0.25, 0.3) is 5.56 Å². The Hall–Kier alpha value is -2.74. The highest BCUT2D eigenvalue weighted by Gasteiger charge is 2.10. The molecule has 28 heavy (non-hydrogen) atoms. The predicted molar refractivity (Wildman–Crippen MR) is 122 cm³/mol. The van der Waals surface area contributed by atoms with Crippen LogP contribution >= 0.6 is 22.6 Å². The molecule has 0 unspecified atom stereocenters. The minimum Gasteiger partial charge on any atom is -0.318 e. The maximum absolute atomic E-state index is 12.8. The molecule has 0 fully saturated rings. The number of hydrogen-bond donors (Lipinski definition) is 0. The van der Waals surface area contributed by atoms with Gasteiger partial charge in [0.05, 0.1) is 17.1 Å². The lowest BCUT2D eigenvalue weighted by Gasteiger charge is -2.09. The highest BCUT2D eigenvalue weighted by molar-refractivity contribution is 14.1. The largest absolute Gasteiger partial charge is 0.318 e. The number of benzene rings is 2. The molecule has 0 saturated heterocycles. The zero-order valence-electron chi connectivity index (χ0n) is 15.8. The van der Waals surface area contributed by atoms with Crippen LogP contribution in [-0.4, -0.2) is 20.4 Å². The summed E-state index contributed by atoms with van der Waals surface area (Å²) >= 11 is 2.30. The first-order valence-electron chi connectivity index (χ1n) is 8.93. The van der Waals surface area contributed by atoms with Crippen molar-refractivity contribution in [1.29, 1.82) is 0 Å². The molecule has 0 spiro atoms. The second-order valence-electron chi connectivity index (χ2n) is 6.68. The van der Waals surface area contributed by atoms with Crippen molar-refractivity contribution < 1.29 is 0 Å². The number of fused-ring (bicyclic) bond motifs is 1. The van der Waals surface area contributed by atoms with Gasteiger partial charge in [-0.1, -0.05) is 12.1 Å². The first-order chi connectivity index (χ1) is 13.5. The third-order valence-corrected chi connectivity index (χ3v) is 5.50. The molecular weight excluding hydrogens is 463 g/mol. The molecule has 4 aromatic rings. The molecule has 5 nitrogen and oxygen atoms in total. The molecule has 0 radical (unpaired) electrons. The molecule has 2 aromatic carbocycles. The standard InChI is InChI=1S/C22H19IN4O/c1-14-12-17(15(2)26(14)19-10-8-18(23)9-11-19)13-24-27-16(3)25-21-7-5-4-6-20(21)22(27)28/h4-13H,1-3H3/b24-13+. The number of hydrogen-bond acceptors (Lipinski definition) is 3. The topological polar surface area (TPSA) is 52.2 Å². The minimum absolute atomic E-state index is 0.161. The van der Waals surface area contributed by atoms with Gasteiger partial charge in [0.1, 0.15) is 5.82 Å². The predicted octanol–water partition coefficient (Wildman–Crippen LogP) is 4.60. The molecule has 0 aliphatic rings. The Labute approximate surface area is 176 Å². The number of para-hydroxylation sites is 1. The lowest BCUT2D eigenvalue weighted by atomic mass is 10.2. The van der Waals surface area contributed by atoms with Crippen LogP contribution in [0.25, 0.3) is 16.6 Å². The van der Waals surface area contributed by atoms with Gasteiger partial charge in [-0.2, -0.15) is 9.78 Å². The first-order valence-corrected chi connectivity index (χ1v) is 10.0. The van der Waals surface area contributed by atoms with Gasteiger partial charge < -0.3 is 4.57 Å². The number of halogens is 1. The molecule has 0 atom stereocenters. The molecule has 140 valence electrons. The monoisotopic (exact) mass is 482 g/mol. The van der Waals surface area contributed by atoms with Crippen LogP contribution in [0, 0.1) is 24.3 Å². The fraction of sp³-hybridized carbons (Fsp3) is 0.136. The summed E-state index contributed by atoms with van der Waals surface area (Å²) in [4.78, 5) is 17.3. The summed E-state index contributed by atoms with van der Waals surface area (Å²) in [6.45, 7) is 5.91.